The molecule has 0 aliphatic carbocycles. The number of aromatic nitrogens is 2. The first-order valence-corrected chi connectivity index (χ1v) is 20.3. The van der Waals surface area contributed by atoms with E-state index in [9.17, 15) is 9.59 Å². The van der Waals surface area contributed by atoms with Crippen LogP contribution in [-0.4, -0.2) is 48.3 Å². The molecule has 6 rings (SSSR count). The number of carbonyl (C=O) groups excluding carboxylic acids is 2. The first-order valence-electron chi connectivity index (χ1n) is 20.3. The summed E-state index contributed by atoms with van der Waals surface area (Å²) in [6.45, 7) is 15.9. The Balaban J connectivity index is 1.06. The monoisotopic (exact) mass is 830 g/mol. The first-order chi connectivity index (χ1) is 29.3. The fourth-order valence-corrected chi connectivity index (χ4v) is 6.92. The number of nitrogens with zero attached hydrogens (tertiary/aromatic N) is 2. The van der Waals surface area contributed by atoms with E-state index < -0.39 is 18.4 Å². The molecule has 0 atom stereocenters. The largest absolute Gasteiger partial charge is 0.497 e. The van der Waals surface area contributed by atoms with E-state index in [1.165, 1.54) is 0 Å². The predicted octanol–water partition coefficient (Wildman–Crippen LogP) is 9.94. The third-order valence-corrected chi connectivity index (χ3v) is 10.1. The molecule has 12 heteroatoms. The van der Waals surface area contributed by atoms with Gasteiger partial charge in [-0.3, -0.25) is 19.6 Å². The highest BCUT2D eigenvalue weighted by Gasteiger charge is 2.20. The van der Waals surface area contributed by atoms with Gasteiger partial charge in [0.2, 0.25) is 0 Å². The molecule has 0 aliphatic heterocycles. The smallest absolute Gasteiger partial charge is 0.317 e. The Kier molecular flexibility index (Phi) is 14.2. The first kappa shape index (κ1) is 44.0. The summed E-state index contributed by atoms with van der Waals surface area (Å²) in [6.07, 6.45) is 2.82. The molecule has 0 saturated heterocycles. The van der Waals surface area contributed by atoms with Crippen LogP contribution in [0.15, 0.2) is 73.1 Å². The molecule has 0 aliphatic rings. The zero-order valence-corrected chi connectivity index (χ0v) is 36.6. The summed E-state index contributed by atoms with van der Waals surface area (Å²) in [5.74, 6) is 2.67. The van der Waals surface area contributed by atoms with Crippen molar-refractivity contribution >= 4 is 33.7 Å². The van der Waals surface area contributed by atoms with Gasteiger partial charge in [0.15, 0.2) is 0 Å². The average Bonchev–Trinajstić information content (AvgIpc) is 3.23. The van der Waals surface area contributed by atoms with E-state index in [0.717, 1.165) is 66.3 Å². The topological polar surface area (TPSA) is 134 Å². The summed E-state index contributed by atoms with van der Waals surface area (Å²) >= 11 is 0. The minimum absolute atomic E-state index is 0.0460. The maximum Gasteiger partial charge on any atom is 0.317 e. The van der Waals surface area contributed by atoms with E-state index in [1.807, 2.05) is 116 Å². The van der Waals surface area contributed by atoms with Crippen LogP contribution in [-0.2, 0) is 45.5 Å². The second-order valence-corrected chi connectivity index (χ2v) is 15.4. The number of carbonyl (C=O) groups is 2. The van der Waals surface area contributed by atoms with Crippen molar-refractivity contribution in [3.63, 3.8) is 0 Å². The molecule has 0 bridgehead atoms. The molecule has 320 valence electrons. The SMILES string of the molecule is COc1ccc2ncc(COc3c(C)ccc(COC(=O)CC(=O)OCc4ccc(C)c(OCc5cnc6ccc(OC)cc6c5OC(C)C)c4C)c3C)c(OC(C)C)c2c1. The third-order valence-electron chi connectivity index (χ3n) is 10.1. The Morgan fingerprint density at radius 1 is 0.525 bits per heavy atom. The number of methoxy groups -OCH3 is 2. The lowest BCUT2D eigenvalue weighted by Gasteiger charge is -2.19. The van der Waals surface area contributed by atoms with E-state index in [0.29, 0.717) is 34.5 Å². The molecule has 0 spiro atoms. The lowest BCUT2D eigenvalue weighted by Crippen LogP contribution is -2.15. The molecule has 61 heavy (non-hydrogen) atoms. The van der Waals surface area contributed by atoms with Crippen LogP contribution in [0.25, 0.3) is 21.8 Å². The lowest BCUT2D eigenvalue weighted by molar-refractivity contribution is -0.156. The highest BCUT2D eigenvalue weighted by Crippen LogP contribution is 2.36. The number of pyridine rings is 2. The summed E-state index contributed by atoms with van der Waals surface area (Å²) in [7, 11) is 3.24. The summed E-state index contributed by atoms with van der Waals surface area (Å²) in [4.78, 5) is 35.0. The molecule has 0 N–H and O–H groups in total. The predicted molar refractivity (Wildman–Crippen MR) is 233 cm³/mol. The number of ether oxygens (including phenoxy) is 8. The highest BCUT2D eigenvalue weighted by molar-refractivity contribution is 5.91. The van der Waals surface area contributed by atoms with Crippen LogP contribution in [0.4, 0.5) is 0 Å². The van der Waals surface area contributed by atoms with Gasteiger partial charge in [-0.25, -0.2) is 0 Å². The van der Waals surface area contributed by atoms with Crippen LogP contribution in [0.2, 0.25) is 0 Å². The standard InChI is InChI=1S/C49H54N2O10/c1-28(2)60-48-36(22-50-42-17-15-38(54-9)19-40(42)48)26-58-46-30(5)11-13-34(32(46)7)24-56-44(52)21-45(53)57-25-35-14-12-31(6)47(33(35)8)59-27-37-23-51-43-18-16-39(55-10)20-41(43)49(37)61-29(3)4/h11-20,22-23,28-29H,21,24-27H2,1-10H3. The van der Waals surface area contributed by atoms with Crippen molar-refractivity contribution in [2.45, 2.75) is 100 Å². The van der Waals surface area contributed by atoms with Crippen LogP contribution in [0.3, 0.4) is 0 Å². The number of fused-ring (bicyclic) bond motifs is 2. The van der Waals surface area contributed by atoms with Crippen LogP contribution in [0, 0.1) is 27.7 Å². The third kappa shape index (κ3) is 10.6. The van der Waals surface area contributed by atoms with Crippen molar-refractivity contribution in [1.82, 2.24) is 9.97 Å². The Morgan fingerprint density at radius 3 is 1.31 bits per heavy atom. The van der Waals surface area contributed by atoms with Crippen LogP contribution < -0.4 is 28.4 Å². The molecule has 6 aromatic rings. The van der Waals surface area contributed by atoms with Crippen molar-refractivity contribution in [3.8, 4) is 34.5 Å². The quantitative estimate of drug-likeness (QED) is 0.0603. The second kappa shape index (κ2) is 19.7. The van der Waals surface area contributed by atoms with E-state index in [-0.39, 0.29) is 38.6 Å². The van der Waals surface area contributed by atoms with Crippen molar-refractivity contribution in [3.05, 3.63) is 118 Å². The molecule has 2 aromatic heterocycles. The summed E-state index contributed by atoms with van der Waals surface area (Å²) in [5.41, 5.74) is 8.05. The Morgan fingerprint density at radius 2 is 0.934 bits per heavy atom. The molecule has 0 radical (unpaired) electrons. The van der Waals surface area contributed by atoms with Crippen molar-refractivity contribution in [1.29, 1.82) is 0 Å². The summed E-state index contributed by atoms with van der Waals surface area (Å²) in [5, 5.41) is 1.66. The van der Waals surface area contributed by atoms with E-state index in [4.69, 9.17) is 37.9 Å². The fraction of sp³-hybridized carbons (Fsp3) is 0.347. The number of hydrogen-bond acceptors (Lipinski definition) is 12. The molecule has 4 aromatic carbocycles. The van der Waals surface area contributed by atoms with Crippen molar-refractivity contribution in [2.24, 2.45) is 0 Å². The minimum Gasteiger partial charge on any atom is -0.497 e. The molecule has 0 amide bonds. The lowest BCUT2D eigenvalue weighted by atomic mass is 10.0. The van der Waals surface area contributed by atoms with Gasteiger partial charge in [-0.15, -0.1) is 0 Å². The molecular weight excluding hydrogens is 777 g/mol. The summed E-state index contributed by atoms with van der Waals surface area (Å²) < 4.78 is 47.3. The number of benzene rings is 4. The minimum atomic E-state index is -0.703. The Hall–Kier alpha value is -6.56. The van der Waals surface area contributed by atoms with Crippen molar-refractivity contribution in [2.75, 3.05) is 14.2 Å². The number of hydrogen-bond donors (Lipinski definition) is 0. The van der Waals surface area contributed by atoms with Gasteiger partial charge in [0.25, 0.3) is 0 Å². The van der Waals surface area contributed by atoms with E-state index >= 15 is 0 Å². The molecule has 0 unspecified atom stereocenters. The molecule has 12 nitrogen and oxygen atoms in total. The van der Waals surface area contributed by atoms with Crippen LogP contribution >= 0.6 is 0 Å². The van der Waals surface area contributed by atoms with Gasteiger partial charge >= 0.3 is 11.9 Å². The maximum atomic E-state index is 12.9. The van der Waals surface area contributed by atoms with E-state index in [1.54, 1.807) is 26.6 Å². The van der Waals surface area contributed by atoms with Gasteiger partial charge in [-0.1, -0.05) is 24.3 Å². The molecule has 0 saturated carbocycles. The van der Waals surface area contributed by atoms with Gasteiger partial charge < -0.3 is 37.9 Å². The molecule has 0 fully saturated rings. The zero-order chi connectivity index (χ0) is 43.8. The number of aryl methyl sites for hydroxylation is 2. The zero-order valence-electron chi connectivity index (χ0n) is 36.6. The van der Waals surface area contributed by atoms with Gasteiger partial charge in [0.1, 0.15) is 67.3 Å². The fourth-order valence-electron chi connectivity index (χ4n) is 6.92. The van der Waals surface area contributed by atoms with Gasteiger partial charge in [0, 0.05) is 23.2 Å². The Bertz CT molecular complexity index is 2370. The normalized spacial score (nSPS) is 11.2. The van der Waals surface area contributed by atoms with Gasteiger partial charge in [-0.05, 0) is 125 Å². The van der Waals surface area contributed by atoms with E-state index in [2.05, 4.69) is 9.97 Å². The maximum absolute atomic E-state index is 12.9. The Labute approximate surface area is 357 Å². The van der Waals surface area contributed by atoms with Gasteiger partial charge in [-0.2, -0.15) is 0 Å². The second-order valence-electron chi connectivity index (χ2n) is 15.4. The molecular formula is C49H54N2O10. The highest BCUT2D eigenvalue weighted by atomic mass is 16.6. The number of rotatable bonds is 18. The summed E-state index contributed by atoms with van der Waals surface area (Å²) in [6, 6.07) is 18.9. The molecule has 2 heterocycles. The van der Waals surface area contributed by atoms with Crippen molar-refractivity contribution < 1.29 is 47.5 Å². The van der Waals surface area contributed by atoms with Crippen LogP contribution in [0.1, 0.15) is 78.6 Å². The van der Waals surface area contributed by atoms with Gasteiger partial charge in [0.05, 0.1) is 48.6 Å². The van der Waals surface area contributed by atoms with Crippen LogP contribution in [0.5, 0.6) is 34.5 Å². The average molecular weight is 831 g/mol. The number of esters is 2.